The Kier molecular flexibility index (Phi) is 6.39. The van der Waals surface area contributed by atoms with E-state index < -0.39 is 5.97 Å². The molecule has 0 aliphatic heterocycles. The zero-order chi connectivity index (χ0) is 18.4. The molecule has 1 N–H and O–H groups in total. The maximum atomic E-state index is 10.7. The third-order valence-electron chi connectivity index (χ3n) is 4.15. The molecule has 0 amide bonds. The Hall–Kier alpha value is -2.21. The molecule has 0 aliphatic carbocycles. The fourth-order valence-corrected chi connectivity index (χ4v) is 4.09. The Balaban J connectivity index is 1.80. The van der Waals surface area contributed by atoms with Crippen molar-refractivity contribution in [3.8, 4) is 10.4 Å². The minimum atomic E-state index is -0.761. The second kappa shape index (κ2) is 8.94. The lowest BCUT2D eigenvalue weighted by Crippen LogP contribution is -2.22. The van der Waals surface area contributed by atoms with Gasteiger partial charge in [-0.05, 0) is 57.6 Å². The van der Waals surface area contributed by atoms with Crippen molar-refractivity contribution in [2.45, 2.75) is 6.42 Å². The van der Waals surface area contributed by atoms with Gasteiger partial charge in [0.2, 0.25) is 0 Å². The summed E-state index contributed by atoms with van der Waals surface area (Å²) in [5.74, 6) is -0.761. The number of likely N-dealkylation sites (N-methyl/N-ethyl adjacent to an activating group) is 1. The van der Waals surface area contributed by atoms with Gasteiger partial charge in [0, 0.05) is 18.0 Å². The number of benzene rings is 1. The Labute approximate surface area is 161 Å². The number of carbonyl (C=O) groups is 1. The van der Waals surface area contributed by atoms with E-state index in [0.717, 1.165) is 0 Å². The van der Waals surface area contributed by atoms with E-state index in [1.54, 1.807) is 22.7 Å². The summed E-state index contributed by atoms with van der Waals surface area (Å²) >= 11 is 3.42. The smallest absolute Gasteiger partial charge is 0.304 e. The predicted octanol–water partition coefficient (Wildman–Crippen LogP) is 5.31. The van der Waals surface area contributed by atoms with Crippen LogP contribution in [0.15, 0.2) is 64.7 Å². The van der Waals surface area contributed by atoms with Gasteiger partial charge in [0.05, 0.1) is 6.42 Å². The average Bonchev–Trinajstić information content (AvgIpc) is 3.35. The van der Waals surface area contributed by atoms with E-state index in [1.807, 2.05) is 11.9 Å². The molecule has 0 radical (unpaired) electrons. The van der Waals surface area contributed by atoms with Crippen LogP contribution in [0.3, 0.4) is 0 Å². The molecule has 0 saturated carbocycles. The monoisotopic (exact) mass is 383 g/mol. The van der Waals surface area contributed by atoms with Crippen LogP contribution >= 0.6 is 22.7 Å². The van der Waals surface area contributed by atoms with E-state index in [-0.39, 0.29) is 6.42 Å². The third kappa shape index (κ3) is 4.91. The Morgan fingerprint density at radius 3 is 2.54 bits per heavy atom. The van der Waals surface area contributed by atoms with Crippen molar-refractivity contribution in [3.63, 3.8) is 0 Å². The van der Waals surface area contributed by atoms with Crippen molar-refractivity contribution in [1.29, 1.82) is 0 Å². The van der Waals surface area contributed by atoms with Gasteiger partial charge in [-0.25, -0.2) is 0 Å². The quantitative estimate of drug-likeness (QED) is 0.573. The number of thiophene rings is 2. The zero-order valence-corrected chi connectivity index (χ0v) is 16.2. The number of carboxylic acids is 1. The van der Waals surface area contributed by atoms with E-state index in [4.69, 9.17) is 5.11 Å². The van der Waals surface area contributed by atoms with Crippen molar-refractivity contribution in [2.24, 2.45) is 0 Å². The summed E-state index contributed by atoms with van der Waals surface area (Å²) in [7, 11) is 1.95. The van der Waals surface area contributed by atoms with Gasteiger partial charge in [0.15, 0.2) is 0 Å². The van der Waals surface area contributed by atoms with E-state index in [2.05, 4.69) is 64.7 Å². The second-order valence-electron chi connectivity index (χ2n) is 6.09. The standard InChI is InChI=1S/C21H21NO2S2/c1-22(12-9-21(23)24)11-8-19(18-10-14-25-15-18)16-4-6-17(7-5-16)20-3-2-13-26-20/h2-8,10,13-15H,9,11-12H2,1H3,(H,23,24)/b19-8-. The van der Waals surface area contributed by atoms with Gasteiger partial charge >= 0.3 is 5.97 Å². The third-order valence-corrected chi connectivity index (χ3v) is 5.75. The van der Waals surface area contributed by atoms with E-state index >= 15 is 0 Å². The molecule has 3 aromatic rings. The molecule has 134 valence electrons. The fourth-order valence-electron chi connectivity index (χ4n) is 2.70. The number of hydrogen-bond acceptors (Lipinski definition) is 4. The molecule has 2 aromatic heterocycles. The molecular formula is C21H21NO2S2. The van der Waals surface area contributed by atoms with Crippen molar-refractivity contribution in [3.05, 3.63) is 75.8 Å². The molecule has 0 spiro atoms. The predicted molar refractivity (Wildman–Crippen MR) is 111 cm³/mol. The average molecular weight is 384 g/mol. The Bertz CT molecular complexity index is 850. The van der Waals surface area contributed by atoms with Gasteiger partial charge in [0.1, 0.15) is 0 Å². The van der Waals surface area contributed by atoms with Crippen LogP contribution in [0.4, 0.5) is 0 Å². The molecule has 26 heavy (non-hydrogen) atoms. The molecule has 0 aliphatic rings. The molecule has 0 saturated heterocycles. The first-order chi connectivity index (χ1) is 12.6. The first-order valence-corrected chi connectivity index (χ1v) is 10.2. The van der Waals surface area contributed by atoms with Gasteiger partial charge in [-0.2, -0.15) is 11.3 Å². The van der Waals surface area contributed by atoms with Crippen LogP contribution in [0.1, 0.15) is 17.5 Å². The second-order valence-corrected chi connectivity index (χ2v) is 7.82. The molecule has 0 atom stereocenters. The van der Waals surface area contributed by atoms with E-state index in [0.29, 0.717) is 13.1 Å². The van der Waals surface area contributed by atoms with Crippen molar-refractivity contribution in [1.82, 2.24) is 4.90 Å². The molecule has 5 heteroatoms. The first-order valence-electron chi connectivity index (χ1n) is 8.41. The number of rotatable bonds is 8. The van der Waals surface area contributed by atoms with Crippen LogP contribution in [-0.4, -0.2) is 36.1 Å². The van der Waals surface area contributed by atoms with Crippen LogP contribution in [0, 0.1) is 0 Å². The summed E-state index contributed by atoms with van der Waals surface area (Å²) in [5.41, 5.74) is 4.79. The number of nitrogens with zero attached hydrogens (tertiary/aromatic N) is 1. The largest absolute Gasteiger partial charge is 0.481 e. The number of carboxylic acid groups (broad SMARTS) is 1. The van der Waals surface area contributed by atoms with E-state index in [1.165, 1.54) is 27.1 Å². The summed E-state index contributed by atoms with van der Waals surface area (Å²) in [6, 6.07) is 15.0. The molecule has 0 fully saturated rings. The summed E-state index contributed by atoms with van der Waals surface area (Å²) in [6.07, 6.45) is 2.34. The van der Waals surface area contributed by atoms with Crippen LogP contribution in [0.5, 0.6) is 0 Å². The number of hydrogen-bond donors (Lipinski definition) is 1. The number of aliphatic carboxylic acids is 1. The topological polar surface area (TPSA) is 40.5 Å². The molecule has 1 aromatic carbocycles. The molecular weight excluding hydrogens is 362 g/mol. The first kappa shape index (κ1) is 18.6. The van der Waals surface area contributed by atoms with Gasteiger partial charge in [-0.3, -0.25) is 4.79 Å². The Morgan fingerprint density at radius 2 is 1.92 bits per heavy atom. The molecule has 2 heterocycles. The maximum Gasteiger partial charge on any atom is 0.304 e. The lowest BCUT2D eigenvalue weighted by Gasteiger charge is -2.15. The highest BCUT2D eigenvalue weighted by Gasteiger charge is 2.08. The highest BCUT2D eigenvalue weighted by molar-refractivity contribution is 7.13. The summed E-state index contributed by atoms with van der Waals surface area (Å²) < 4.78 is 0. The summed E-state index contributed by atoms with van der Waals surface area (Å²) in [4.78, 5) is 14.0. The highest BCUT2D eigenvalue weighted by Crippen LogP contribution is 2.29. The normalized spacial score (nSPS) is 11.8. The van der Waals surface area contributed by atoms with Gasteiger partial charge in [-0.15, -0.1) is 11.3 Å². The summed E-state index contributed by atoms with van der Waals surface area (Å²) in [6.45, 7) is 1.26. The van der Waals surface area contributed by atoms with Crippen LogP contribution in [0.2, 0.25) is 0 Å². The highest BCUT2D eigenvalue weighted by atomic mass is 32.1. The van der Waals surface area contributed by atoms with Crippen molar-refractivity contribution < 1.29 is 9.90 Å². The van der Waals surface area contributed by atoms with Gasteiger partial charge in [0.25, 0.3) is 0 Å². The minimum absolute atomic E-state index is 0.160. The molecule has 3 rings (SSSR count). The van der Waals surface area contributed by atoms with Crippen molar-refractivity contribution in [2.75, 3.05) is 20.1 Å². The Morgan fingerprint density at radius 1 is 1.12 bits per heavy atom. The zero-order valence-electron chi connectivity index (χ0n) is 14.6. The lowest BCUT2D eigenvalue weighted by atomic mass is 9.98. The van der Waals surface area contributed by atoms with E-state index in [9.17, 15) is 4.79 Å². The van der Waals surface area contributed by atoms with Crippen LogP contribution < -0.4 is 0 Å². The molecule has 3 nitrogen and oxygen atoms in total. The minimum Gasteiger partial charge on any atom is -0.481 e. The SMILES string of the molecule is CN(C/C=C(/c1ccc(-c2cccs2)cc1)c1ccsc1)CCC(=O)O. The lowest BCUT2D eigenvalue weighted by molar-refractivity contribution is -0.137. The fraction of sp³-hybridized carbons (Fsp3) is 0.190. The van der Waals surface area contributed by atoms with Crippen molar-refractivity contribution >= 4 is 34.2 Å². The summed E-state index contributed by atoms with van der Waals surface area (Å²) in [5, 5.41) is 15.2. The maximum absolute atomic E-state index is 10.7. The van der Waals surface area contributed by atoms with Crippen LogP contribution in [-0.2, 0) is 4.79 Å². The molecule has 0 unspecified atom stereocenters. The van der Waals surface area contributed by atoms with Gasteiger partial charge < -0.3 is 10.0 Å². The molecule has 0 bridgehead atoms. The van der Waals surface area contributed by atoms with Gasteiger partial charge in [-0.1, -0.05) is 36.4 Å². The van der Waals surface area contributed by atoms with Crippen LogP contribution in [0.25, 0.3) is 16.0 Å².